The maximum Gasteiger partial charge on any atom is 0.308 e. The topological polar surface area (TPSA) is 107 Å². The number of hydrogen-bond donors (Lipinski definition) is 1. The molecule has 3 aliphatic rings. The molecule has 0 radical (unpaired) electrons. The van der Waals surface area contributed by atoms with Gasteiger partial charge in [-0.15, -0.1) is 11.3 Å². The van der Waals surface area contributed by atoms with Crippen molar-refractivity contribution in [2.24, 2.45) is 5.92 Å². The number of ether oxygens (including phenoxy) is 4. The fourth-order valence-electron chi connectivity index (χ4n) is 7.57. The fourth-order valence-corrected chi connectivity index (χ4v) is 8.97. The molecule has 0 spiro atoms. The van der Waals surface area contributed by atoms with Crippen molar-refractivity contribution in [2.45, 2.75) is 82.5 Å². The lowest BCUT2D eigenvalue weighted by atomic mass is 9.87. The molecule has 1 saturated carbocycles. The average molecular weight is 747 g/mol. The Bertz CT molecular complexity index is 1670. The zero-order chi connectivity index (χ0) is 35.4. The Balaban J connectivity index is 1.15. The third-order valence-electron chi connectivity index (χ3n) is 10.2. The highest BCUT2D eigenvalue weighted by molar-refractivity contribution is 7.17. The van der Waals surface area contributed by atoms with Crippen molar-refractivity contribution >= 4 is 68.1 Å². The average Bonchev–Trinajstić information content (AvgIpc) is 3.88. The van der Waals surface area contributed by atoms with Crippen LogP contribution in [0.3, 0.4) is 0 Å². The van der Waals surface area contributed by atoms with E-state index in [1.165, 1.54) is 11.3 Å². The van der Waals surface area contributed by atoms with E-state index < -0.39 is 0 Å². The lowest BCUT2D eigenvalue weighted by Gasteiger charge is -2.40. The van der Waals surface area contributed by atoms with Gasteiger partial charge < -0.3 is 29.2 Å². The molecule has 50 heavy (non-hydrogen) atoms. The van der Waals surface area contributed by atoms with Gasteiger partial charge in [0.25, 0.3) is 5.91 Å². The van der Waals surface area contributed by atoms with Gasteiger partial charge in [0.05, 0.1) is 59.6 Å². The molecule has 2 amide bonds. The zero-order valence-corrected chi connectivity index (χ0v) is 31.0. The van der Waals surface area contributed by atoms with Gasteiger partial charge in [-0.3, -0.25) is 19.3 Å². The predicted molar refractivity (Wildman–Crippen MR) is 195 cm³/mol. The molecule has 3 heterocycles. The van der Waals surface area contributed by atoms with Crippen LogP contribution in [0.2, 0.25) is 10.0 Å². The van der Waals surface area contributed by atoms with Crippen molar-refractivity contribution in [3.8, 4) is 0 Å². The van der Waals surface area contributed by atoms with Gasteiger partial charge in [0.1, 0.15) is 6.23 Å². The monoisotopic (exact) mass is 745 g/mol. The Hall–Kier alpha value is -2.77. The van der Waals surface area contributed by atoms with Crippen LogP contribution in [0.15, 0.2) is 41.8 Å². The van der Waals surface area contributed by atoms with Crippen LogP contribution in [-0.4, -0.2) is 98.6 Å². The molecule has 2 saturated heterocycles. The molecule has 1 N–H and O–H groups in total. The molecule has 1 aromatic heterocycles. The summed E-state index contributed by atoms with van der Waals surface area (Å²) in [5, 5.41) is 6.24. The van der Waals surface area contributed by atoms with E-state index in [1.807, 2.05) is 41.5 Å². The molecule has 2 aliphatic heterocycles. The molecular formula is C37H45Cl2N3O7S. The third-order valence-corrected chi connectivity index (χ3v) is 11.9. The molecule has 3 fully saturated rings. The Morgan fingerprint density at radius 1 is 0.980 bits per heavy atom. The molecule has 270 valence electrons. The van der Waals surface area contributed by atoms with Crippen LogP contribution in [0.25, 0.3) is 10.1 Å². The summed E-state index contributed by atoms with van der Waals surface area (Å²) in [6.45, 7) is 4.04. The number of fused-ring (bicyclic) bond motifs is 1. The van der Waals surface area contributed by atoms with E-state index in [0.29, 0.717) is 65.9 Å². The molecule has 2 aromatic carbocycles. The Morgan fingerprint density at radius 3 is 2.40 bits per heavy atom. The highest BCUT2D eigenvalue weighted by atomic mass is 35.5. The van der Waals surface area contributed by atoms with Gasteiger partial charge in [0, 0.05) is 54.3 Å². The molecule has 1 aliphatic carbocycles. The van der Waals surface area contributed by atoms with E-state index in [0.717, 1.165) is 35.8 Å². The molecule has 3 aromatic rings. The predicted octanol–water partition coefficient (Wildman–Crippen LogP) is 6.80. The molecule has 6 rings (SSSR count). The van der Waals surface area contributed by atoms with E-state index in [4.69, 9.17) is 42.1 Å². The van der Waals surface area contributed by atoms with Crippen molar-refractivity contribution in [1.29, 1.82) is 0 Å². The number of thiophene rings is 1. The summed E-state index contributed by atoms with van der Waals surface area (Å²) in [6.07, 6.45) is 3.96. The summed E-state index contributed by atoms with van der Waals surface area (Å²) in [4.78, 5) is 43.8. The normalized spacial score (nSPS) is 24.8. The summed E-state index contributed by atoms with van der Waals surface area (Å²) in [5.74, 6) is -0.590. The molecule has 4 atom stereocenters. The molecule has 13 heteroatoms. The smallest absolute Gasteiger partial charge is 0.308 e. The number of likely N-dealkylation sites (tertiary alicyclic amines) is 2. The van der Waals surface area contributed by atoms with Crippen LogP contribution in [-0.2, 0) is 35.0 Å². The van der Waals surface area contributed by atoms with Crippen LogP contribution < -0.4 is 5.32 Å². The molecule has 0 bridgehead atoms. The second-order valence-electron chi connectivity index (χ2n) is 13.3. The minimum Gasteiger partial charge on any atom is -0.466 e. The maximum absolute atomic E-state index is 14.0. The summed E-state index contributed by atoms with van der Waals surface area (Å²) < 4.78 is 24.7. The Morgan fingerprint density at radius 2 is 1.70 bits per heavy atom. The van der Waals surface area contributed by atoms with Crippen LogP contribution in [0.5, 0.6) is 0 Å². The number of nitrogens with one attached hydrogen (secondary N) is 1. The van der Waals surface area contributed by atoms with E-state index >= 15 is 0 Å². The molecule has 10 nitrogen and oxygen atoms in total. The number of halogens is 2. The lowest BCUT2D eigenvalue weighted by molar-refractivity contribution is -0.160. The van der Waals surface area contributed by atoms with Crippen molar-refractivity contribution in [3.63, 3.8) is 0 Å². The van der Waals surface area contributed by atoms with Crippen molar-refractivity contribution in [1.82, 2.24) is 9.80 Å². The number of benzene rings is 2. The third kappa shape index (κ3) is 8.14. The van der Waals surface area contributed by atoms with Gasteiger partial charge in [-0.2, -0.15) is 0 Å². The second kappa shape index (κ2) is 16.7. The van der Waals surface area contributed by atoms with Crippen molar-refractivity contribution in [3.05, 3.63) is 63.0 Å². The quantitative estimate of drug-likeness (QED) is 0.202. The second-order valence-corrected chi connectivity index (χ2v) is 15.0. The number of amides is 2. The number of carbonyl (C=O) groups is 3. The minimum atomic E-state index is -0.367. The Kier molecular flexibility index (Phi) is 12.4. The molecule has 1 unspecified atom stereocenters. The first-order valence-electron chi connectivity index (χ1n) is 17.4. The standard InChI is InChI=1S/C37H45Cl2N3O7S/c1-4-48-37(45)22-11-13-24(14-12-22)49-36(41-19-31(46-2)32(20-41)47-3)30-9-7-15-42(30)34(43)17-23-16-28(39)29(18-27(23)38)40-35(44)26-21-50-33-10-6-5-8-25(26)33/h5-6,8,10,16,18,21-22,24,30-32,36H,4,7,9,11-15,17,19-20H2,1-3H3,(H,40,44)/t22?,24?,30-,31-,32+,36?/m0/s1. The number of esters is 1. The number of methoxy groups -OCH3 is 2. The minimum absolute atomic E-state index is 0.0473. The van der Waals surface area contributed by atoms with E-state index in [2.05, 4.69) is 10.2 Å². The number of carbonyl (C=O) groups excluding carboxylic acids is 3. The number of hydrogen-bond acceptors (Lipinski definition) is 9. The van der Waals surface area contributed by atoms with E-state index in [9.17, 15) is 14.4 Å². The van der Waals surface area contributed by atoms with Crippen LogP contribution in [0, 0.1) is 5.92 Å². The van der Waals surface area contributed by atoms with E-state index in [-0.39, 0.29) is 60.7 Å². The summed E-state index contributed by atoms with van der Waals surface area (Å²) in [7, 11) is 3.38. The SMILES string of the molecule is CCOC(=O)C1CCC(OC([C@@H]2CCCN2C(=O)Cc2cc(Cl)c(NC(=O)c3csc4ccccc34)cc2Cl)N2C[C@H](OC)[C@H](OC)C2)CC1. The van der Waals surface area contributed by atoms with Gasteiger partial charge >= 0.3 is 5.97 Å². The van der Waals surface area contributed by atoms with Crippen molar-refractivity contribution < 1.29 is 33.3 Å². The number of nitrogens with zero attached hydrogens (tertiary/aromatic N) is 2. The Labute approximate surface area is 307 Å². The van der Waals surface area contributed by atoms with Crippen molar-refractivity contribution in [2.75, 3.05) is 45.8 Å². The van der Waals surface area contributed by atoms with Gasteiger partial charge in [-0.25, -0.2) is 0 Å². The number of rotatable bonds is 12. The van der Waals surface area contributed by atoms with Crippen LogP contribution in [0.4, 0.5) is 5.69 Å². The number of anilines is 1. The van der Waals surface area contributed by atoms with Gasteiger partial charge in [0.15, 0.2) is 0 Å². The van der Waals surface area contributed by atoms with Gasteiger partial charge in [0.2, 0.25) is 5.91 Å². The summed E-state index contributed by atoms with van der Waals surface area (Å²) in [5.41, 5.74) is 1.53. The summed E-state index contributed by atoms with van der Waals surface area (Å²) >= 11 is 14.9. The fraction of sp³-hybridized carbons (Fsp3) is 0.541. The van der Waals surface area contributed by atoms with Crippen LogP contribution >= 0.6 is 34.5 Å². The van der Waals surface area contributed by atoms with Crippen LogP contribution in [0.1, 0.15) is 61.4 Å². The lowest BCUT2D eigenvalue weighted by Crippen LogP contribution is -2.53. The summed E-state index contributed by atoms with van der Waals surface area (Å²) in [6, 6.07) is 10.8. The first-order chi connectivity index (χ1) is 24.2. The van der Waals surface area contributed by atoms with E-state index in [1.54, 1.807) is 26.4 Å². The first-order valence-corrected chi connectivity index (χ1v) is 19.0. The largest absolute Gasteiger partial charge is 0.466 e. The maximum atomic E-state index is 14.0. The highest BCUT2D eigenvalue weighted by Crippen LogP contribution is 2.36. The molecular weight excluding hydrogens is 701 g/mol. The van der Waals surface area contributed by atoms with Gasteiger partial charge in [-0.1, -0.05) is 41.4 Å². The highest BCUT2D eigenvalue weighted by Gasteiger charge is 2.45. The zero-order valence-electron chi connectivity index (χ0n) is 28.7. The van der Waals surface area contributed by atoms with Gasteiger partial charge in [-0.05, 0) is 69.2 Å². The first kappa shape index (κ1) is 37.0.